The van der Waals surface area contributed by atoms with E-state index in [1.165, 1.54) is 4.90 Å². The summed E-state index contributed by atoms with van der Waals surface area (Å²) in [5, 5.41) is 0. The van der Waals surface area contributed by atoms with E-state index in [4.69, 9.17) is 14.8 Å². The Morgan fingerprint density at radius 3 is 1.66 bits per heavy atom. The molecule has 0 saturated carbocycles. The Bertz CT molecular complexity index is 1070. The highest BCUT2D eigenvalue weighted by Gasteiger charge is 2.38. The lowest BCUT2D eigenvalue weighted by Crippen LogP contribution is -2.32. The molecule has 8 heteroatoms. The minimum Gasteiger partial charge on any atom is -0.415 e. The molecule has 164 valence electrons. The van der Waals surface area contributed by atoms with Crippen molar-refractivity contribution in [3.8, 4) is 11.5 Å². The van der Waals surface area contributed by atoms with Crippen LogP contribution in [0.2, 0.25) is 0 Å². The van der Waals surface area contributed by atoms with Crippen molar-refractivity contribution in [3.63, 3.8) is 0 Å². The first-order valence-electron chi connectivity index (χ1n) is 10.3. The summed E-state index contributed by atoms with van der Waals surface area (Å²) in [6, 6.07) is 24.1. The summed E-state index contributed by atoms with van der Waals surface area (Å²) >= 11 is 0. The fraction of sp³-hybridized carbons (Fsp3) is 0.167. The molecule has 2 N–H and O–H groups in total. The van der Waals surface area contributed by atoms with E-state index in [0.29, 0.717) is 29.0 Å². The van der Waals surface area contributed by atoms with Gasteiger partial charge in [0.1, 0.15) is 17.3 Å². The zero-order valence-electron chi connectivity index (χ0n) is 17.3. The molecule has 0 radical (unpaired) electrons. The van der Waals surface area contributed by atoms with Gasteiger partial charge in [-0.15, -0.1) is 0 Å². The summed E-state index contributed by atoms with van der Waals surface area (Å²) in [7, 11) is -3.82. The lowest BCUT2D eigenvalue weighted by atomic mass is 10.1. The van der Waals surface area contributed by atoms with E-state index in [-0.39, 0.29) is 24.8 Å². The molecule has 0 aromatic heterocycles. The van der Waals surface area contributed by atoms with Crippen LogP contribution in [0, 0.1) is 0 Å². The molecule has 0 bridgehead atoms. The average Bonchev–Trinajstić information content (AvgIpc) is 3.05. The molecule has 0 spiro atoms. The number of nitrogens with zero attached hydrogens (tertiary/aromatic N) is 1. The van der Waals surface area contributed by atoms with Crippen molar-refractivity contribution < 1.29 is 23.2 Å². The fourth-order valence-electron chi connectivity index (χ4n) is 3.47. The summed E-state index contributed by atoms with van der Waals surface area (Å²) in [4.78, 5) is 26.3. The third kappa shape index (κ3) is 4.59. The molecule has 1 heterocycles. The highest BCUT2D eigenvalue weighted by Crippen LogP contribution is 2.52. The highest BCUT2D eigenvalue weighted by molar-refractivity contribution is 7.55. The number of benzene rings is 3. The van der Waals surface area contributed by atoms with Crippen molar-refractivity contribution in [3.05, 3.63) is 96.1 Å². The number of rotatable bonds is 9. The average molecular weight is 450 g/mol. The van der Waals surface area contributed by atoms with Gasteiger partial charge in [0.05, 0.1) is 11.1 Å². The van der Waals surface area contributed by atoms with E-state index in [1.807, 2.05) is 12.1 Å². The first-order chi connectivity index (χ1) is 15.5. The van der Waals surface area contributed by atoms with E-state index >= 15 is 0 Å². The Morgan fingerprint density at radius 2 is 1.19 bits per heavy atom. The first kappa shape index (κ1) is 21.8. The van der Waals surface area contributed by atoms with Crippen molar-refractivity contribution in [1.29, 1.82) is 0 Å². The molecule has 3 aromatic rings. The molecule has 7 nitrogen and oxygen atoms in total. The zero-order valence-corrected chi connectivity index (χ0v) is 18.2. The molecule has 0 aliphatic carbocycles. The van der Waals surface area contributed by atoms with Crippen molar-refractivity contribution in [2.75, 3.05) is 6.54 Å². The van der Waals surface area contributed by atoms with Crippen LogP contribution in [0.5, 0.6) is 11.5 Å². The smallest absolute Gasteiger partial charge is 0.415 e. The maximum absolute atomic E-state index is 13.7. The van der Waals surface area contributed by atoms with E-state index in [2.05, 4.69) is 0 Å². The molecule has 0 fully saturated rings. The molecule has 32 heavy (non-hydrogen) atoms. The van der Waals surface area contributed by atoms with Gasteiger partial charge < -0.3 is 14.8 Å². The van der Waals surface area contributed by atoms with Gasteiger partial charge >= 0.3 is 7.60 Å². The summed E-state index contributed by atoms with van der Waals surface area (Å²) in [6.45, 7) is 0.163. The standard InChI is InChI=1S/C24H23N2O5P/c25-22(16-9-17-26-23(27)20-14-7-8-15-21(20)24(26)28)32(29,30-18-10-3-1-4-11-18)31-19-12-5-2-6-13-19/h1-8,10-15,22H,9,16-17,25H2. The Balaban J connectivity index is 1.44. The Hall–Kier alpha value is -3.41. The van der Waals surface area contributed by atoms with E-state index in [1.54, 1.807) is 72.8 Å². The van der Waals surface area contributed by atoms with E-state index in [0.717, 1.165) is 0 Å². The minimum atomic E-state index is -3.82. The van der Waals surface area contributed by atoms with Gasteiger partial charge in [0.15, 0.2) is 0 Å². The Kier molecular flexibility index (Phi) is 6.40. The molecule has 2 amide bonds. The number of fused-ring (bicyclic) bond motifs is 1. The molecule has 1 aliphatic heterocycles. The quantitative estimate of drug-likeness (QED) is 0.375. The Morgan fingerprint density at radius 1 is 0.750 bits per heavy atom. The lowest BCUT2D eigenvalue weighted by molar-refractivity contribution is 0.0651. The zero-order chi connectivity index (χ0) is 22.6. The number of hydrogen-bond acceptors (Lipinski definition) is 6. The molecule has 3 aromatic carbocycles. The molecule has 1 aliphatic rings. The number of nitrogens with two attached hydrogens (primary N) is 1. The third-order valence-electron chi connectivity index (χ3n) is 5.12. The van der Waals surface area contributed by atoms with Crippen LogP contribution >= 0.6 is 7.60 Å². The molecule has 1 unspecified atom stereocenters. The van der Waals surface area contributed by atoms with Gasteiger partial charge in [0.25, 0.3) is 11.8 Å². The predicted molar refractivity (Wildman–Crippen MR) is 121 cm³/mol. The van der Waals surface area contributed by atoms with Crippen molar-refractivity contribution in [2.24, 2.45) is 5.73 Å². The molecular formula is C24H23N2O5P. The predicted octanol–water partition coefficient (Wildman–Crippen LogP) is 4.70. The number of carbonyl (C=O) groups is 2. The van der Waals surface area contributed by atoms with Crippen LogP contribution in [-0.4, -0.2) is 29.0 Å². The number of amides is 2. The van der Waals surface area contributed by atoms with E-state index < -0.39 is 13.4 Å². The van der Waals surface area contributed by atoms with Crippen molar-refractivity contribution >= 4 is 19.4 Å². The Labute approximate surface area is 186 Å². The van der Waals surface area contributed by atoms with Crippen LogP contribution in [0.4, 0.5) is 0 Å². The number of imide groups is 1. The topological polar surface area (TPSA) is 98.9 Å². The second kappa shape index (κ2) is 9.39. The van der Waals surface area contributed by atoms with Gasteiger partial charge in [-0.1, -0.05) is 48.5 Å². The summed E-state index contributed by atoms with van der Waals surface area (Å²) < 4.78 is 25.2. The van der Waals surface area contributed by atoms with Gasteiger partial charge in [0.2, 0.25) is 0 Å². The lowest BCUT2D eigenvalue weighted by Gasteiger charge is -2.25. The number of para-hydroxylation sites is 2. The molecule has 1 atom stereocenters. The third-order valence-corrected chi connectivity index (χ3v) is 7.12. The van der Waals surface area contributed by atoms with Crippen molar-refractivity contribution in [2.45, 2.75) is 18.6 Å². The SMILES string of the molecule is NC(CCCN1C(=O)c2ccccc2C1=O)P(=O)(Oc1ccccc1)Oc1ccccc1. The van der Waals surface area contributed by atoms with Crippen LogP contribution < -0.4 is 14.8 Å². The van der Waals surface area contributed by atoms with Gasteiger partial charge in [-0.3, -0.25) is 14.5 Å². The van der Waals surface area contributed by atoms with Crippen LogP contribution in [0.3, 0.4) is 0 Å². The monoisotopic (exact) mass is 450 g/mol. The summed E-state index contributed by atoms with van der Waals surface area (Å²) in [5.41, 5.74) is 7.08. The van der Waals surface area contributed by atoms with E-state index in [9.17, 15) is 14.2 Å². The second-order valence-electron chi connectivity index (χ2n) is 7.37. The molecular weight excluding hydrogens is 427 g/mol. The van der Waals surface area contributed by atoms with Gasteiger partial charge in [0, 0.05) is 6.54 Å². The van der Waals surface area contributed by atoms with Crippen LogP contribution in [0.25, 0.3) is 0 Å². The van der Waals surface area contributed by atoms with Crippen LogP contribution in [-0.2, 0) is 4.57 Å². The molecule has 4 rings (SSSR count). The van der Waals surface area contributed by atoms with Gasteiger partial charge in [-0.25, -0.2) is 4.57 Å². The number of hydrogen-bond donors (Lipinski definition) is 1. The maximum Gasteiger partial charge on any atom is 0.447 e. The summed E-state index contributed by atoms with van der Waals surface area (Å²) in [6.07, 6.45) is 0.581. The normalized spacial score (nSPS) is 14.2. The first-order valence-corrected chi connectivity index (χ1v) is 11.9. The van der Waals surface area contributed by atoms with Gasteiger partial charge in [-0.2, -0.15) is 0 Å². The highest BCUT2D eigenvalue weighted by atomic mass is 31.2. The summed E-state index contributed by atoms with van der Waals surface area (Å²) in [5.74, 6) is -0.866. The van der Waals surface area contributed by atoms with Crippen molar-refractivity contribution in [1.82, 2.24) is 4.90 Å². The number of carbonyl (C=O) groups excluding carboxylic acids is 2. The maximum atomic E-state index is 13.7. The fourth-order valence-corrected chi connectivity index (χ4v) is 5.11. The van der Waals surface area contributed by atoms with Gasteiger partial charge in [-0.05, 0) is 49.2 Å². The minimum absolute atomic E-state index is 0.163. The molecule has 0 saturated heterocycles. The van der Waals surface area contributed by atoms with Crippen LogP contribution in [0.15, 0.2) is 84.9 Å². The second-order valence-corrected chi connectivity index (χ2v) is 9.47. The largest absolute Gasteiger partial charge is 0.447 e. The van der Waals surface area contributed by atoms with Crippen LogP contribution in [0.1, 0.15) is 33.6 Å².